The fourth-order valence-electron chi connectivity index (χ4n) is 1.57. The highest BCUT2D eigenvalue weighted by atomic mass is 16.5. The lowest BCUT2D eigenvalue weighted by Gasteiger charge is -2.21. The van der Waals surface area contributed by atoms with Gasteiger partial charge in [0.15, 0.2) is 0 Å². The molecule has 0 unspecified atom stereocenters. The SMILES string of the molecule is COC(=O)[C@H](CN[C@@H](CC(=O)O)C(=O)O)NC[C@H](N)C(=O)OC. The van der Waals surface area contributed by atoms with Crippen molar-refractivity contribution in [1.29, 1.82) is 0 Å². The summed E-state index contributed by atoms with van der Waals surface area (Å²) in [4.78, 5) is 44.3. The summed E-state index contributed by atoms with van der Waals surface area (Å²) < 4.78 is 8.97. The van der Waals surface area contributed by atoms with Crippen molar-refractivity contribution in [2.24, 2.45) is 5.73 Å². The zero-order valence-electron chi connectivity index (χ0n) is 12.8. The van der Waals surface area contributed by atoms with Gasteiger partial charge in [0.25, 0.3) is 0 Å². The minimum absolute atomic E-state index is 0.120. The number of nitrogens with two attached hydrogens (primary N) is 1. The van der Waals surface area contributed by atoms with E-state index >= 15 is 0 Å². The van der Waals surface area contributed by atoms with Crippen LogP contribution in [0.2, 0.25) is 0 Å². The molecule has 23 heavy (non-hydrogen) atoms. The van der Waals surface area contributed by atoms with Gasteiger partial charge in [0, 0.05) is 13.1 Å². The third-order valence-electron chi connectivity index (χ3n) is 2.82. The van der Waals surface area contributed by atoms with Crippen LogP contribution < -0.4 is 16.4 Å². The van der Waals surface area contributed by atoms with Gasteiger partial charge in [0.2, 0.25) is 0 Å². The minimum Gasteiger partial charge on any atom is -0.481 e. The highest BCUT2D eigenvalue weighted by molar-refractivity contribution is 5.81. The molecule has 0 aliphatic carbocycles. The zero-order chi connectivity index (χ0) is 18.0. The van der Waals surface area contributed by atoms with Gasteiger partial charge in [-0.3, -0.25) is 19.2 Å². The minimum atomic E-state index is -1.38. The first-order valence-electron chi connectivity index (χ1n) is 6.55. The number of rotatable bonds is 11. The fraction of sp³-hybridized carbons (Fsp3) is 0.667. The molecule has 0 saturated carbocycles. The Hall–Kier alpha value is -2.24. The molecule has 0 bridgehead atoms. The second-order valence-electron chi connectivity index (χ2n) is 4.51. The van der Waals surface area contributed by atoms with Gasteiger partial charge in [-0.15, -0.1) is 0 Å². The number of carbonyl (C=O) groups excluding carboxylic acids is 2. The third kappa shape index (κ3) is 8.09. The molecule has 0 aromatic carbocycles. The fourth-order valence-corrected chi connectivity index (χ4v) is 1.57. The number of carbonyl (C=O) groups is 4. The van der Waals surface area contributed by atoms with E-state index in [1.54, 1.807) is 0 Å². The van der Waals surface area contributed by atoms with Crippen LogP contribution in [0.25, 0.3) is 0 Å². The van der Waals surface area contributed by atoms with Crippen LogP contribution in [-0.4, -0.2) is 79.5 Å². The quantitative estimate of drug-likeness (QED) is 0.245. The van der Waals surface area contributed by atoms with E-state index in [0.29, 0.717) is 0 Å². The Kier molecular flexibility index (Phi) is 9.46. The van der Waals surface area contributed by atoms with E-state index in [2.05, 4.69) is 20.1 Å². The van der Waals surface area contributed by atoms with Crippen molar-refractivity contribution in [1.82, 2.24) is 10.6 Å². The van der Waals surface area contributed by atoms with E-state index in [9.17, 15) is 19.2 Å². The Bertz CT molecular complexity index is 442. The molecule has 0 amide bonds. The molecule has 0 fully saturated rings. The number of carboxylic acids is 2. The lowest BCUT2D eigenvalue weighted by molar-refractivity contribution is -0.147. The second-order valence-corrected chi connectivity index (χ2v) is 4.51. The van der Waals surface area contributed by atoms with Crippen molar-refractivity contribution in [3.63, 3.8) is 0 Å². The maximum Gasteiger partial charge on any atom is 0.324 e. The number of hydrogen-bond acceptors (Lipinski definition) is 9. The molecule has 0 rings (SSSR count). The number of hydrogen-bond donors (Lipinski definition) is 5. The molecule has 0 heterocycles. The molecule has 0 saturated heterocycles. The van der Waals surface area contributed by atoms with Gasteiger partial charge in [0.05, 0.1) is 20.6 Å². The largest absolute Gasteiger partial charge is 0.481 e. The predicted octanol–water partition coefficient (Wildman–Crippen LogP) is -2.86. The van der Waals surface area contributed by atoms with Crippen LogP contribution in [0.5, 0.6) is 0 Å². The molecule has 132 valence electrons. The second kappa shape index (κ2) is 10.5. The van der Waals surface area contributed by atoms with Crippen molar-refractivity contribution in [3.8, 4) is 0 Å². The molecular formula is C12H21N3O8. The summed E-state index contributed by atoms with van der Waals surface area (Å²) >= 11 is 0. The van der Waals surface area contributed by atoms with Gasteiger partial charge in [0.1, 0.15) is 18.1 Å². The third-order valence-corrected chi connectivity index (χ3v) is 2.82. The first-order valence-corrected chi connectivity index (χ1v) is 6.55. The lowest BCUT2D eigenvalue weighted by atomic mass is 10.2. The summed E-state index contributed by atoms with van der Waals surface area (Å²) in [5.74, 6) is -4.10. The normalized spacial score (nSPS) is 14.4. The molecule has 0 aliphatic heterocycles. The summed E-state index contributed by atoms with van der Waals surface area (Å²) in [6, 6.07) is -3.43. The van der Waals surface area contributed by atoms with Gasteiger partial charge >= 0.3 is 23.9 Å². The Morgan fingerprint density at radius 1 is 0.957 bits per heavy atom. The van der Waals surface area contributed by atoms with E-state index < -0.39 is 48.4 Å². The van der Waals surface area contributed by atoms with Crippen molar-refractivity contribution >= 4 is 23.9 Å². The Morgan fingerprint density at radius 2 is 1.48 bits per heavy atom. The van der Waals surface area contributed by atoms with Crippen LogP contribution >= 0.6 is 0 Å². The predicted molar refractivity (Wildman–Crippen MR) is 75.5 cm³/mol. The Morgan fingerprint density at radius 3 is 1.91 bits per heavy atom. The Balaban J connectivity index is 4.66. The van der Waals surface area contributed by atoms with Gasteiger partial charge in [-0.05, 0) is 0 Å². The monoisotopic (exact) mass is 335 g/mol. The van der Waals surface area contributed by atoms with Gasteiger partial charge in [-0.25, -0.2) is 0 Å². The zero-order valence-corrected chi connectivity index (χ0v) is 12.8. The average Bonchev–Trinajstić information content (AvgIpc) is 2.51. The van der Waals surface area contributed by atoms with Crippen molar-refractivity contribution < 1.29 is 38.9 Å². The van der Waals surface area contributed by atoms with Crippen molar-refractivity contribution in [3.05, 3.63) is 0 Å². The molecule has 0 aromatic rings. The molecule has 11 nitrogen and oxygen atoms in total. The number of nitrogens with one attached hydrogen (secondary N) is 2. The van der Waals surface area contributed by atoms with E-state index in [0.717, 1.165) is 14.2 Å². The van der Waals surface area contributed by atoms with E-state index in [1.165, 1.54) is 0 Å². The smallest absolute Gasteiger partial charge is 0.324 e. The molecule has 3 atom stereocenters. The van der Waals surface area contributed by atoms with Gasteiger partial charge in [-0.1, -0.05) is 0 Å². The molecule has 0 radical (unpaired) electrons. The lowest BCUT2D eigenvalue weighted by Crippen LogP contribution is -2.53. The van der Waals surface area contributed by atoms with Crippen LogP contribution in [0.1, 0.15) is 6.42 Å². The van der Waals surface area contributed by atoms with Crippen molar-refractivity contribution in [2.75, 3.05) is 27.3 Å². The number of carboxylic acid groups (broad SMARTS) is 2. The summed E-state index contributed by atoms with van der Waals surface area (Å²) in [7, 11) is 2.29. The number of esters is 2. The van der Waals surface area contributed by atoms with Crippen LogP contribution in [0.15, 0.2) is 0 Å². The summed E-state index contributed by atoms with van der Waals surface area (Å²) in [6.07, 6.45) is -0.662. The summed E-state index contributed by atoms with van der Waals surface area (Å²) in [5.41, 5.74) is 5.51. The maximum atomic E-state index is 11.6. The van der Waals surface area contributed by atoms with Crippen LogP contribution in [-0.2, 0) is 28.7 Å². The highest BCUT2D eigenvalue weighted by Crippen LogP contribution is 1.95. The molecule has 0 aliphatic rings. The van der Waals surface area contributed by atoms with E-state index in [1.807, 2.05) is 0 Å². The molecule has 0 spiro atoms. The summed E-state index contributed by atoms with van der Waals surface area (Å²) in [6.45, 7) is -0.352. The number of ether oxygens (including phenoxy) is 2. The van der Waals surface area contributed by atoms with Crippen LogP contribution in [0, 0.1) is 0 Å². The molecule has 0 aromatic heterocycles. The first-order chi connectivity index (χ1) is 10.7. The molecule has 6 N–H and O–H groups in total. The number of methoxy groups -OCH3 is 2. The molecule has 11 heteroatoms. The first kappa shape index (κ1) is 20.8. The van der Waals surface area contributed by atoms with Crippen LogP contribution in [0.3, 0.4) is 0 Å². The van der Waals surface area contributed by atoms with Crippen LogP contribution in [0.4, 0.5) is 0 Å². The molecular weight excluding hydrogens is 314 g/mol. The van der Waals surface area contributed by atoms with E-state index in [-0.39, 0.29) is 13.1 Å². The standard InChI is InChI=1S/C12H21N3O8/c1-22-11(20)6(13)4-14-8(12(21)23-2)5-15-7(10(18)19)3-9(16)17/h6-8,14-15H,3-5,13H2,1-2H3,(H,16,17)(H,18,19)/t6-,7-,8-/m0/s1. The summed E-state index contributed by atoms with van der Waals surface area (Å²) in [5, 5.41) is 22.6. The van der Waals surface area contributed by atoms with E-state index in [4.69, 9.17) is 15.9 Å². The maximum absolute atomic E-state index is 11.6. The van der Waals surface area contributed by atoms with Gasteiger partial charge < -0.3 is 36.1 Å². The average molecular weight is 335 g/mol. The van der Waals surface area contributed by atoms with Crippen molar-refractivity contribution in [2.45, 2.75) is 24.5 Å². The topological polar surface area (TPSA) is 177 Å². The Labute approximate surface area is 132 Å². The van der Waals surface area contributed by atoms with Gasteiger partial charge in [-0.2, -0.15) is 0 Å². The highest BCUT2D eigenvalue weighted by Gasteiger charge is 2.26. The number of aliphatic carboxylic acids is 2.